The van der Waals surface area contributed by atoms with Crippen LogP contribution in [0.3, 0.4) is 0 Å². The van der Waals surface area contributed by atoms with Gasteiger partial charge in [0.05, 0.1) is 24.3 Å². The van der Waals surface area contributed by atoms with Crippen molar-refractivity contribution in [1.29, 1.82) is 0 Å². The van der Waals surface area contributed by atoms with Crippen molar-refractivity contribution in [2.24, 2.45) is 11.8 Å². The predicted molar refractivity (Wildman–Crippen MR) is 141 cm³/mol. The Morgan fingerprint density at radius 2 is 1.00 bits per heavy atom. The number of carbonyl (C=O) groups is 2. The van der Waals surface area contributed by atoms with Crippen LogP contribution >= 0.6 is 0 Å². The molecule has 0 saturated heterocycles. The first-order chi connectivity index (χ1) is 16.6. The van der Waals surface area contributed by atoms with Crippen molar-refractivity contribution in [2.45, 2.75) is 118 Å². The van der Waals surface area contributed by atoms with Gasteiger partial charge in [0, 0.05) is 0 Å². The fourth-order valence-corrected chi connectivity index (χ4v) is 4.54. The van der Waals surface area contributed by atoms with Crippen molar-refractivity contribution in [1.82, 2.24) is 0 Å². The number of esters is 2. The molecule has 0 saturated carbocycles. The quantitative estimate of drug-likeness (QED) is 0.140. The van der Waals surface area contributed by atoms with E-state index < -0.39 is 11.9 Å². The Bertz CT molecular complexity index is 613. The van der Waals surface area contributed by atoms with E-state index in [-0.39, 0.29) is 0 Å². The molecule has 0 amide bonds. The van der Waals surface area contributed by atoms with E-state index in [0.29, 0.717) is 36.2 Å². The van der Waals surface area contributed by atoms with Gasteiger partial charge in [0.15, 0.2) is 0 Å². The largest absolute Gasteiger partial charge is 0.462 e. The van der Waals surface area contributed by atoms with Crippen molar-refractivity contribution in [2.75, 3.05) is 13.2 Å². The van der Waals surface area contributed by atoms with E-state index in [0.717, 1.165) is 38.5 Å². The molecule has 0 aromatic heterocycles. The van der Waals surface area contributed by atoms with E-state index in [1.807, 2.05) is 0 Å². The van der Waals surface area contributed by atoms with E-state index >= 15 is 0 Å². The standard InChI is InChI=1S/C30H50O4/c1-5-9-11-13-19-25(17-7-3)23-33-29(31)27-21-15-16-22-28(27)30(32)34-24-26(18-8-4)20-14-12-10-6-2/h15-16,21-22,25-26H,5-14,17-20,23-24H2,1-4H3. The number of unbranched alkanes of at least 4 members (excludes halogenated alkanes) is 6. The average Bonchev–Trinajstić information content (AvgIpc) is 2.85. The van der Waals surface area contributed by atoms with Crippen LogP contribution in [-0.2, 0) is 9.47 Å². The minimum absolute atomic E-state index is 0.309. The van der Waals surface area contributed by atoms with Crippen LogP contribution in [0.15, 0.2) is 24.3 Å². The van der Waals surface area contributed by atoms with Gasteiger partial charge in [0.25, 0.3) is 0 Å². The maximum Gasteiger partial charge on any atom is 0.339 e. The molecule has 194 valence electrons. The molecule has 2 unspecified atom stereocenters. The molecular formula is C30H50O4. The summed E-state index contributed by atoms with van der Waals surface area (Å²) in [5.41, 5.74) is 0.618. The number of ether oxygens (including phenoxy) is 2. The third kappa shape index (κ3) is 12.6. The van der Waals surface area contributed by atoms with Gasteiger partial charge in [-0.2, -0.15) is 0 Å². The van der Waals surface area contributed by atoms with E-state index in [4.69, 9.17) is 9.47 Å². The summed E-state index contributed by atoms with van der Waals surface area (Å²) in [5, 5.41) is 0. The van der Waals surface area contributed by atoms with Crippen LogP contribution in [0.5, 0.6) is 0 Å². The van der Waals surface area contributed by atoms with Gasteiger partial charge < -0.3 is 9.47 Å². The van der Waals surface area contributed by atoms with Gasteiger partial charge in [-0.15, -0.1) is 0 Å². The Balaban J connectivity index is 2.66. The van der Waals surface area contributed by atoms with Crippen molar-refractivity contribution in [3.63, 3.8) is 0 Å². The molecule has 0 bridgehead atoms. The van der Waals surface area contributed by atoms with Crippen molar-refractivity contribution in [3.05, 3.63) is 35.4 Å². The Labute approximate surface area is 209 Å². The third-order valence-corrected chi connectivity index (χ3v) is 6.59. The number of carbonyl (C=O) groups excluding carboxylic acids is 2. The highest BCUT2D eigenvalue weighted by molar-refractivity contribution is 6.03. The predicted octanol–water partition coefficient (Wildman–Crippen LogP) is 8.77. The maximum absolute atomic E-state index is 12.9. The van der Waals surface area contributed by atoms with Gasteiger partial charge in [0.1, 0.15) is 0 Å². The zero-order chi connectivity index (χ0) is 25.0. The monoisotopic (exact) mass is 474 g/mol. The smallest absolute Gasteiger partial charge is 0.339 e. The molecule has 1 aromatic carbocycles. The molecule has 1 rings (SSSR count). The summed E-state index contributed by atoms with van der Waals surface area (Å²) < 4.78 is 11.4. The highest BCUT2D eigenvalue weighted by Crippen LogP contribution is 2.20. The molecule has 0 aliphatic heterocycles. The first kappa shape index (κ1) is 30.2. The van der Waals surface area contributed by atoms with Crippen LogP contribution in [-0.4, -0.2) is 25.2 Å². The summed E-state index contributed by atoms with van der Waals surface area (Å²) in [6.45, 7) is 9.59. The fraction of sp³-hybridized carbons (Fsp3) is 0.733. The Hall–Kier alpha value is -1.84. The van der Waals surface area contributed by atoms with Crippen LogP contribution < -0.4 is 0 Å². The lowest BCUT2D eigenvalue weighted by molar-refractivity contribution is 0.0377. The highest BCUT2D eigenvalue weighted by Gasteiger charge is 2.21. The first-order valence-corrected chi connectivity index (χ1v) is 14.0. The normalized spacial score (nSPS) is 12.8. The molecule has 4 heteroatoms. The van der Waals surface area contributed by atoms with Gasteiger partial charge in [-0.05, 0) is 49.7 Å². The summed E-state index contributed by atoms with van der Waals surface area (Å²) in [5.74, 6) is -0.0846. The molecule has 0 radical (unpaired) electrons. The molecule has 0 aliphatic carbocycles. The minimum Gasteiger partial charge on any atom is -0.462 e. The van der Waals surface area contributed by atoms with Crippen LogP contribution in [0.25, 0.3) is 0 Å². The topological polar surface area (TPSA) is 52.6 Å². The van der Waals surface area contributed by atoms with E-state index in [1.54, 1.807) is 24.3 Å². The second-order valence-corrected chi connectivity index (χ2v) is 9.75. The summed E-state index contributed by atoms with van der Waals surface area (Å²) in [6, 6.07) is 6.89. The lowest BCUT2D eigenvalue weighted by Gasteiger charge is -2.18. The SMILES string of the molecule is CCCCCCC(CCC)COC(=O)c1ccccc1C(=O)OCC(CCC)CCCCCC. The second-order valence-electron chi connectivity index (χ2n) is 9.75. The van der Waals surface area contributed by atoms with Gasteiger partial charge in [-0.25, -0.2) is 9.59 Å². The summed E-state index contributed by atoms with van der Waals surface area (Å²) >= 11 is 0. The number of hydrogen-bond donors (Lipinski definition) is 0. The average molecular weight is 475 g/mol. The summed E-state index contributed by atoms with van der Waals surface area (Å²) in [6.07, 6.45) is 16.2. The molecule has 0 fully saturated rings. The molecule has 0 heterocycles. The number of rotatable bonds is 20. The van der Waals surface area contributed by atoms with Crippen molar-refractivity contribution >= 4 is 11.9 Å². The molecule has 34 heavy (non-hydrogen) atoms. The lowest BCUT2D eigenvalue weighted by Crippen LogP contribution is -2.19. The Morgan fingerprint density at radius 1 is 0.588 bits per heavy atom. The van der Waals surface area contributed by atoms with Gasteiger partial charge in [0.2, 0.25) is 0 Å². The first-order valence-electron chi connectivity index (χ1n) is 14.0. The zero-order valence-electron chi connectivity index (χ0n) is 22.4. The lowest BCUT2D eigenvalue weighted by atomic mass is 9.97. The van der Waals surface area contributed by atoms with E-state index in [9.17, 15) is 9.59 Å². The molecule has 0 N–H and O–H groups in total. The summed E-state index contributed by atoms with van der Waals surface area (Å²) in [7, 11) is 0. The van der Waals surface area contributed by atoms with E-state index in [2.05, 4.69) is 27.7 Å². The number of benzene rings is 1. The van der Waals surface area contributed by atoms with E-state index in [1.165, 1.54) is 51.4 Å². The highest BCUT2D eigenvalue weighted by atomic mass is 16.5. The number of hydrogen-bond acceptors (Lipinski definition) is 4. The maximum atomic E-state index is 12.9. The van der Waals surface area contributed by atoms with Crippen LogP contribution in [0.4, 0.5) is 0 Å². The summed E-state index contributed by atoms with van der Waals surface area (Å²) in [4.78, 5) is 25.7. The molecular weight excluding hydrogens is 424 g/mol. The second kappa shape index (κ2) is 19.5. The zero-order valence-corrected chi connectivity index (χ0v) is 22.4. The van der Waals surface area contributed by atoms with Gasteiger partial charge >= 0.3 is 11.9 Å². The van der Waals surface area contributed by atoms with Gasteiger partial charge in [-0.3, -0.25) is 0 Å². The third-order valence-electron chi connectivity index (χ3n) is 6.59. The van der Waals surface area contributed by atoms with Crippen molar-refractivity contribution in [3.8, 4) is 0 Å². The molecule has 1 aromatic rings. The van der Waals surface area contributed by atoms with Gasteiger partial charge in [-0.1, -0.05) is 104 Å². The van der Waals surface area contributed by atoms with Crippen LogP contribution in [0.1, 0.15) is 138 Å². The van der Waals surface area contributed by atoms with Crippen LogP contribution in [0.2, 0.25) is 0 Å². The molecule has 2 atom stereocenters. The molecule has 0 aliphatic rings. The Morgan fingerprint density at radius 3 is 1.35 bits per heavy atom. The fourth-order valence-electron chi connectivity index (χ4n) is 4.54. The molecule has 0 spiro atoms. The Kier molecular flexibility index (Phi) is 17.3. The van der Waals surface area contributed by atoms with Crippen molar-refractivity contribution < 1.29 is 19.1 Å². The van der Waals surface area contributed by atoms with Crippen LogP contribution in [0, 0.1) is 11.8 Å². The molecule has 4 nitrogen and oxygen atoms in total. The minimum atomic E-state index is -0.424.